The normalized spacial score (nSPS) is 12.3. The van der Waals surface area contributed by atoms with Crippen LogP contribution in [-0.4, -0.2) is 50.0 Å². The summed E-state index contributed by atoms with van der Waals surface area (Å²) in [6, 6.07) is 10.9. The van der Waals surface area contributed by atoms with Gasteiger partial charge in [0.2, 0.25) is 21.8 Å². The highest BCUT2D eigenvalue weighted by atomic mass is 35.5. The van der Waals surface area contributed by atoms with E-state index < -0.39 is 34.3 Å². The number of nitrogens with zero attached hydrogens (tertiary/aromatic N) is 2. The van der Waals surface area contributed by atoms with Crippen LogP contribution in [-0.2, 0) is 26.2 Å². The SMILES string of the molecule is CC[C@H](C(=O)NC(C)C)N(Cc1ccccc1Cl)C(=O)CN(c1cccc(F)c1)S(C)(=O)=O. The first-order valence-corrected chi connectivity index (χ1v) is 12.7. The van der Waals surface area contributed by atoms with Gasteiger partial charge in [-0.2, -0.15) is 0 Å². The van der Waals surface area contributed by atoms with Gasteiger partial charge in [0.25, 0.3) is 0 Å². The number of carbonyl (C=O) groups is 2. The number of halogens is 2. The van der Waals surface area contributed by atoms with Gasteiger partial charge in [0, 0.05) is 17.6 Å². The van der Waals surface area contributed by atoms with Crippen molar-refractivity contribution in [1.82, 2.24) is 10.2 Å². The number of rotatable bonds is 10. The van der Waals surface area contributed by atoms with Gasteiger partial charge in [-0.15, -0.1) is 0 Å². The van der Waals surface area contributed by atoms with E-state index in [0.717, 1.165) is 16.6 Å². The Morgan fingerprint density at radius 1 is 1.12 bits per heavy atom. The molecule has 0 aliphatic heterocycles. The monoisotopic (exact) mass is 497 g/mol. The molecular formula is C23H29ClFN3O4S. The average Bonchev–Trinajstić information content (AvgIpc) is 2.71. The molecule has 0 aromatic heterocycles. The summed E-state index contributed by atoms with van der Waals surface area (Å²) in [4.78, 5) is 27.7. The van der Waals surface area contributed by atoms with Crippen LogP contribution < -0.4 is 9.62 Å². The quantitative estimate of drug-likeness (QED) is 0.543. The molecule has 2 rings (SSSR count). The molecule has 1 N–H and O–H groups in total. The number of carbonyl (C=O) groups excluding carboxylic acids is 2. The fourth-order valence-electron chi connectivity index (χ4n) is 3.36. The molecule has 0 fully saturated rings. The molecule has 180 valence electrons. The maximum atomic E-state index is 13.8. The summed E-state index contributed by atoms with van der Waals surface area (Å²) in [5.41, 5.74) is 0.628. The van der Waals surface area contributed by atoms with Crippen molar-refractivity contribution in [2.45, 2.75) is 45.8 Å². The minimum absolute atomic E-state index is 0.00326. The van der Waals surface area contributed by atoms with Gasteiger partial charge in [-0.3, -0.25) is 13.9 Å². The maximum Gasteiger partial charge on any atom is 0.244 e. The first-order chi connectivity index (χ1) is 15.4. The van der Waals surface area contributed by atoms with E-state index in [1.54, 1.807) is 45.0 Å². The van der Waals surface area contributed by atoms with E-state index in [1.807, 2.05) is 0 Å². The lowest BCUT2D eigenvalue weighted by Crippen LogP contribution is -2.53. The Balaban J connectivity index is 2.46. The number of nitrogens with one attached hydrogen (secondary N) is 1. The summed E-state index contributed by atoms with van der Waals surface area (Å²) in [6.45, 7) is 4.78. The Morgan fingerprint density at radius 3 is 2.33 bits per heavy atom. The van der Waals surface area contributed by atoms with E-state index in [0.29, 0.717) is 17.0 Å². The van der Waals surface area contributed by atoms with Crippen molar-refractivity contribution in [3.05, 3.63) is 64.9 Å². The number of sulfonamides is 1. The molecular weight excluding hydrogens is 469 g/mol. The van der Waals surface area contributed by atoms with E-state index in [9.17, 15) is 22.4 Å². The standard InChI is InChI=1S/C23H29ClFN3O4S/c1-5-21(23(30)26-16(2)3)27(14-17-9-6-7-12-20(17)24)22(29)15-28(33(4,31)32)19-11-8-10-18(25)13-19/h6-13,16,21H,5,14-15H2,1-4H3,(H,26,30)/t21-/m1/s1. The summed E-state index contributed by atoms with van der Waals surface area (Å²) in [6.07, 6.45) is 1.24. The fraction of sp³-hybridized carbons (Fsp3) is 0.391. The van der Waals surface area contributed by atoms with Crippen molar-refractivity contribution in [2.24, 2.45) is 0 Å². The van der Waals surface area contributed by atoms with E-state index in [2.05, 4.69) is 5.32 Å². The lowest BCUT2D eigenvalue weighted by atomic mass is 10.1. The minimum Gasteiger partial charge on any atom is -0.352 e. The number of hydrogen-bond acceptors (Lipinski definition) is 4. The van der Waals surface area contributed by atoms with Crippen molar-refractivity contribution in [2.75, 3.05) is 17.1 Å². The molecule has 7 nitrogen and oxygen atoms in total. The summed E-state index contributed by atoms with van der Waals surface area (Å²) < 4.78 is 39.5. The molecule has 0 heterocycles. The Morgan fingerprint density at radius 2 is 1.79 bits per heavy atom. The second-order valence-corrected chi connectivity index (χ2v) is 10.3. The molecule has 0 radical (unpaired) electrons. The molecule has 2 aromatic rings. The second-order valence-electron chi connectivity index (χ2n) is 7.95. The van der Waals surface area contributed by atoms with Gasteiger partial charge in [-0.25, -0.2) is 12.8 Å². The zero-order valence-corrected chi connectivity index (χ0v) is 20.7. The van der Waals surface area contributed by atoms with Crippen LogP contribution >= 0.6 is 11.6 Å². The van der Waals surface area contributed by atoms with E-state index in [-0.39, 0.29) is 24.2 Å². The lowest BCUT2D eigenvalue weighted by Gasteiger charge is -2.33. The predicted molar refractivity (Wildman–Crippen MR) is 128 cm³/mol. The van der Waals surface area contributed by atoms with Crippen LogP contribution in [0.15, 0.2) is 48.5 Å². The van der Waals surface area contributed by atoms with Gasteiger partial charge in [0.15, 0.2) is 0 Å². The highest BCUT2D eigenvalue weighted by Crippen LogP contribution is 2.22. The Labute approximate surface area is 199 Å². The van der Waals surface area contributed by atoms with Crippen LogP contribution in [0.1, 0.15) is 32.8 Å². The predicted octanol–water partition coefficient (Wildman–Crippen LogP) is 3.58. The van der Waals surface area contributed by atoms with Gasteiger partial charge in [0.1, 0.15) is 18.4 Å². The van der Waals surface area contributed by atoms with Crippen LogP contribution in [0, 0.1) is 5.82 Å². The summed E-state index contributed by atoms with van der Waals surface area (Å²) in [5, 5.41) is 3.22. The largest absolute Gasteiger partial charge is 0.352 e. The fourth-order valence-corrected chi connectivity index (χ4v) is 4.39. The topological polar surface area (TPSA) is 86.8 Å². The van der Waals surface area contributed by atoms with Crippen molar-refractivity contribution < 1.29 is 22.4 Å². The summed E-state index contributed by atoms with van der Waals surface area (Å²) in [5.74, 6) is -1.61. The van der Waals surface area contributed by atoms with Crippen LogP contribution in [0.4, 0.5) is 10.1 Å². The van der Waals surface area contributed by atoms with Gasteiger partial charge in [0.05, 0.1) is 11.9 Å². The van der Waals surface area contributed by atoms with Crippen molar-refractivity contribution in [3.8, 4) is 0 Å². The summed E-state index contributed by atoms with van der Waals surface area (Å²) >= 11 is 6.29. The molecule has 0 spiro atoms. The molecule has 2 amide bonds. The third-order valence-corrected chi connectivity index (χ3v) is 6.40. The molecule has 0 unspecified atom stereocenters. The van der Waals surface area contributed by atoms with Crippen LogP contribution in [0.25, 0.3) is 0 Å². The average molecular weight is 498 g/mol. The van der Waals surface area contributed by atoms with Gasteiger partial charge >= 0.3 is 0 Å². The third-order valence-electron chi connectivity index (χ3n) is 4.89. The van der Waals surface area contributed by atoms with Gasteiger partial charge in [-0.1, -0.05) is 42.8 Å². The smallest absolute Gasteiger partial charge is 0.244 e. The van der Waals surface area contributed by atoms with Crippen LogP contribution in [0.2, 0.25) is 5.02 Å². The van der Waals surface area contributed by atoms with Crippen molar-refractivity contribution in [3.63, 3.8) is 0 Å². The zero-order valence-electron chi connectivity index (χ0n) is 19.1. The molecule has 0 aliphatic carbocycles. The first kappa shape index (κ1) is 26.6. The Kier molecular flexibility index (Phi) is 9.25. The highest BCUT2D eigenvalue weighted by molar-refractivity contribution is 7.92. The molecule has 0 bridgehead atoms. The highest BCUT2D eigenvalue weighted by Gasteiger charge is 2.32. The Hall–Kier alpha value is -2.65. The molecule has 2 aromatic carbocycles. The van der Waals surface area contributed by atoms with Gasteiger partial charge < -0.3 is 10.2 Å². The Bertz CT molecular complexity index is 1090. The zero-order chi connectivity index (χ0) is 24.8. The molecule has 33 heavy (non-hydrogen) atoms. The molecule has 0 saturated heterocycles. The second kappa shape index (κ2) is 11.5. The lowest BCUT2D eigenvalue weighted by molar-refractivity contribution is -0.140. The molecule has 0 saturated carbocycles. The number of anilines is 1. The molecule has 10 heteroatoms. The summed E-state index contributed by atoms with van der Waals surface area (Å²) in [7, 11) is -3.92. The molecule has 1 atom stereocenters. The third kappa shape index (κ3) is 7.43. The first-order valence-electron chi connectivity index (χ1n) is 10.5. The van der Waals surface area contributed by atoms with Crippen LogP contribution in [0.5, 0.6) is 0 Å². The van der Waals surface area contributed by atoms with Crippen molar-refractivity contribution >= 4 is 39.1 Å². The van der Waals surface area contributed by atoms with Crippen molar-refractivity contribution in [1.29, 1.82) is 0 Å². The molecule has 0 aliphatic rings. The number of hydrogen-bond donors (Lipinski definition) is 1. The number of benzene rings is 2. The van der Waals surface area contributed by atoms with E-state index in [1.165, 1.54) is 23.1 Å². The van der Waals surface area contributed by atoms with E-state index in [4.69, 9.17) is 11.6 Å². The maximum absolute atomic E-state index is 13.8. The number of amides is 2. The van der Waals surface area contributed by atoms with E-state index >= 15 is 0 Å². The van der Waals surface area contributed by atoms with Crippen LogP contribution in [0.3, 0.4) is 0 Å². The minimum atomic E-state index is -3.92. The van der Waals surface area contributed by atoms with Gasteiger partial charge in [-0.05, 0) is 50.1 Å².